The van der Waals surface area contributed by atoms with E-state index in [9.17, 15) is 9.00 Å². The molecule has 2 aliphatic rings. The van der Waals surface area contributed by atoms with Gasteiger partial charge in [0, 0.05) is 42.2 Å². The van der Waals surface area contributed by atoms with E-state index >= 15 is 0 Å². The average molecular weight is 244 g/mol. The van der Waals surface area contributed by atoms with E-state index in [0.29, 0.717) is 17.7 Å². The summed E-state index contributed by atoms with van der Waals surface area (Å²) in [4.78, 5) is 13.8. The summed E-state index contributed by atoms with van der Waals surface area (Å²) in [6.45, 7) is 4.67. The SMILES string of the molecule is CCN(C(=O)CS(=O)CC1CNC1)C1CC1. The lowest BCUT2D eigenvalue weighted by atomic mass is 10.1. The van der Waals surface area contributed by atoms with E-state index in [4.69, 9.17) is 0 Å². The van der Waals surface area contributed by atoms with Crippen LogP contribution in [0.3, 0.4) is 0 Å². The second kappa shape index (κ2) is 5.27. The van der Waals surface area contributed by atoms with Crippen LogP contribution in [0, 0.1) is 5.92 Å². The van der Waals surface area contributed by atoms with Gasteiger partial charge in [0.2, 0.25) is 5.91 Å². The summed E-state index contributed by atoms with van der Waals surface area (Å²) < 4.78 is 11.8. The Hall–Kier alpha value is -0.420. The normalized spacial score (nSPS) is 22.6. The minimum Gasteiger partial charge on any atom is -0.339 e. The van der Waals surface area contributed by atoms with E-state index in [2.05, 4.69) is 5.32 Å². The topological polar surface area (TPSA) is 49.4 Å². The molecule has 1 unspecified atom stereocenters. The summed E-state index contributed by atoms with van der Waals surface area (Å²) in [6, 6.07) is 0.444. The van der Waals surface area contributed by atoms with Crippen molar-refractivity contribution in [2.45, 2.75) is 25.8 Å². The number of nitrogens with one attached hydrogen (secondary N) is 1. The van der Waals surface area contributed by atoms with Gasteiger partial charge in [0.05, 0.1) is 0 Å². The van der Waals surface area contributed by atoms with Crippen LogP contribution >= 0.6 is 0 Å². The van der Waals surface area contributed by atoms with Gasteiger partial charge >= 0.3 is 0 Å². The summed E-state index contributed by atoms with van der Waals surface area (Å²) in [5.74, 6) is 1.50. The predicted molar refractivity (Wildman–Crippen MR) is 64.6 cm³/mol. The Labute approximate surface area is 99.2 Å². The highest BCUT2D eigenvalue weighted by molar-refractivity contribution is 7.85. The number of carbonyl (C=O) groups is 1. The Morgan fingerprint density at radius 3 is 2.56 bits per heavy atom. The fraction of sp³-hybridized carbons (Fsp3) is 0.909. The Kier molecular flexibility index (Phi) is 3.97. The largest absolute Gasteiger partial charge is 0.339 e. The van der Waals surface area contributed by atoms with Crippen molar-refractivity contribution < 1.29 is 9.00 Å². The lowest BCUT2D eigenvalue weighted by Gasteiger charge is -2.27. The number of hydrogen-bond acceptors (Lipinski definition) is 3. The van der Waals surface area contributed by atoms with E-state index in [0.717, 1.165) is 32.5 Å². The molecule has 1 saturated heterocycles. The molecule has 16 heavy (non-hydrogen) atoms. The number of rotatable bonds is 6. The zero-order chi connectivity index (χ0) is 11.5. The minimum absolute atomic E-state index is 0.0793. The Bertz CT molecular complexity index is 288. The van der Waals surface area contributed by atoms with Crippen LogP contribution < -0.4 is 5.32 Å². The molecule has 92 valence electrons. The summed E-state index contributed by atoms with van der Waals surface area (Å²) >= 11 is 0. The molecule has 1 N–H and O–H groups in total. The molecule has 1 atom stereocenters. The molecular formula is C11H20N2O2S. The molecule has 1 aliphatic heterocycles. The summed E-state index contributed by atoms with van der Waals surface area (Å²) in [5, 5.41) is 3.15. The molecule has 1 aliphatic carbocycles. The van der Waals surface area contributed by atoms with Crippen LogP contribution in [0.5, 0.6) is 0 Å². The first kappa shape index (κ1) is 12.0. The Morgan fingerprint density at radius 1 is 1.44 bits per heavy atom. The van der Waals surface area contributed by atoms with Gasteiger partial charge in [0.25, 0.3) is 0 Å². The van der Waals surface area contributed by atoms with Crippen LogP contribution in [0.15, 0.2) is 0 Å². The smallest absolute Gasteiger partial charge is 0.235 e. The van der Waals surface area contributed by atoms with E-state index in [-0.39, 0.29) is 11.7 Å². The quantitative estimate of drug-likeness (QED) is 0.713. The third-order valence-electron chi connectivity index (χ3n) is 3.22. The predicted octanol–water partition coefficient (Wildman–Crippen LogP) is -0.0346. The van der Waals surface area contributed by atoms with Gasteiger partial charge in [-0.3, -0.25) is 9.00 Å². The van der Waals surface area contributed by atoms with Gasteiger partial charge in [-0.25, -0.2) is 0 Å². The van der Waals surface area contributed by atoms with Crippen molar-refractivity contribution in [1.29, 1.82) is 0 Å². The fourth-order valence-electron chi connectivity index (χ4n) is 2.03. The van der Waals surface area contributed by atoms with Gasteiger partial charge in [-0.05, 0) is 25.7 Å². The molecule has 1 saturated carbocycles. The molecule has 0 radical (unpaired) electrons. The van der Waals surface area contributed by atoms with Crippen LogP contribution in [0.4, 0.5) is 0 Å². The second-order valence-electron chi connectivity index (χ2n) is 4.69. The van der Waals surface area contributed by atoms with Crippen molar-refractivity contribution in [3.63, 3.8) is 0 Å². The highest BCUT2D eigenvalue weighted by Gasteiger charge is 2.32. The van der Waals surface area contributed by atoms with Crippen LogP contribution in [0.1, 0.15) is 19.8 Å². The average Bonchev–Trinajstić information content (AvgIpc) is 2.97. The minimum atomic E-state index is -0.971. The van der Waals surface area contributed by atoms with E-state index in [1.165, 1.54) is 0 Å². The first-order chi connectivity index (χ1) is 7.70. The van der Waals surface area contributed by atoms with E-state index < -0.39 is 10.8 Å². The summed E-state index contributed by atoms with van der Waals surface area (Å²) in [7, 11) is -0.971. The molecule has 5 heteroatoms. The van der Waals surface area contributed by atoms with Gasteiger partial charge in [-0.15, -0.1) is 0 Å². The van der Waals surface area contributed by atoms with Gasteiger partial charge in [-0.1, -0.05) is 0 Å². The molecule has 0 spiro atoms. The maximum atomic E-state index is 11.9. The lowest BCUT2D eigenvalue weighted by Crippen LogP contribution is -2.45. The number of hydrogen-bond donors (Lipinski definition) is 1. The maximum absolute atomic E-state index is 11.9. The van der Waals surface area contributed by atoms with Crippen LogP contribution in [0.25, 0.3) is 0 Å². The van der Waals surface area contributed by atoms with Crippen molar-refractivity contribution in [2.24, 2.45) is 5.92 Å². The maximum Gasteiger partial charge on any atom is 0.235 e. The van der Waals surface area contributed by atoms with Gasteiger partial charge in [0.15, 0.2) is 0 Å². The second-order valence-corrected chi connectivity index (χ2v) is 6.19. The summed E-state index contributed by atoms with van der Waals surface area (Å²) in [5.41, 5.74) is 0. The molecule has 2 rings (SSSR count). The third kappa shape index (κ3) is 3.04. The van der Waals surface area contributed by atoms with Crippen molar-refractivity contribution in [2.75, 3.05) is 31.1 Å². The van der Waals surface area contributed by atoms with Crippen LogP contribution in [-0.4, -0.2) is 52.2 Å². The van der Waals surface area contributed by atoms with Crippen molar-refractivity contribution >= 4 is 16.7 Å². The standard InChI is InChI=1S/C11H20N2O2S/c1-2-13(10-3-4-10)11(14)8-16(15)7-9-5-12-6-9/h9-10,12H,2-8H2,1H3. The van der Waals surface area contributed by atoms with Crippen molar-refractivity contribution in [3.8, 4) is 0 Å². The van der Waals surface area contributed by atoms with E-state index in [1.807, 2.05) is 11.8 Å². The number of nitrogens with zero attached hydrogens (tertiary/aromatic N) is 1. The highest BCUT2D eigenvalue weighted by atomic mass is 32.2. The Balaban J connectivity index is 1.73. The van der Waals surface area contributed by atoms with Crippen LogP contribution in [0.2, 0.25) is 0 Å². The molecule has 2 fully saturated rings. The third-order valence-corrected chi connectivity index (χ3v) is 4.63. The Morgan fingerprint density at radius 2 is 2.12 bits per heavy atom. The molecule has 0 bridgehead atoms. The molecule has 1 heterocycles. The zero-order valence-corrected chi connectivity index (χ0v) is 10.6. The van der Waals surface area contributed by atoms with Gasteiger partial charge in [-0.2, -0.15) is 0 Å². The molecule has 1 amide bonds. The van der Waals surface area contributed by atoms with Crippen molar-refractivity contribution in [1.82, 2.24) is 10.2 Å². The highest BCUT2D eigenvalue weighted by Crippen LogP contribution is 2.26. The first-order valence-corrected chi connectivity index (χ1v) is 7.54. The van der Waals surface area contributed by atoms with Crippen molar-refractivity contribution in [3.05, 3.63) is 0 Å². The lowest BCUT2D eigenvalue weighted by molar-refractivity contribution is -0.128. The molecule has 4 nitrogen and oxygen atoms in total. The molecule has 0 aromatic rings. The fourth-order valence-corrected chi connectivity index (χ4v) is 3.35. The monoisotopic (exact) mass is 244 g/mol. The van der Waals surface area contributed by atoms with E-state index in [1.54, 1.807) is 0 Å². The number of amides is 1. The van der Waals surface area contributed by atoms with Gasteiger partial charge in [0.1, 0.15) is 5.75 Å². The zero-order valence-electron chi connectivity index (χ0n) is 9.78. The first-order valence-electron chi connectivity index (χ1n) is 6.06. The molecule has 0 aromatic heterocycles. The summed E-state index contributed by atoms with van der Waals surface area (Å²) in [6.07, 6.45) is 2.25. The van der Waals surface area contributed by atoms with Crippen LogP contribution in [-0.2, 0) is 15.6 Å². The molecular weight excluding hydrogens is 224 g/mol. The molecule has 0 aromatic carbocycles. The number of carbonyl (C=O) groups excluding carboxylic acids is 1. The van der Waals surface area contributed by atoms with Gasteiger partial charge < -0.3 is 10.2 Å².